The van der Waals surface area contributed by atoms with E-state index < -0.39 is 12.1 Å². The van der Waals surface area contributed by atoms with Gasteiger partial charge in [0.1, 0.15) is 0 Å². The highest BCUT2D eigenvalue weighted by atomic mass is 16.5. The van der Waals surface area contributed by atoms with Crippen LogP contribution in [0.3, 0.4) is 0 Å². The largest absolute Gasteiger partial charge is 0.469 e. The summed E-state index contributed by atoms with van der Waals surface area (Å²) in [6.07, 6.45) is 0.818. The van der Waals surface area contributed by atoms with Crippen molar-refractivity contribution in [1.82, 2.24) is 5.06 Å². The number of aliphatic hydroxyl groups is 1. The van der Waals surface area contributed by atoms with E-state index in [0.29, 0.717) is 36.3 Å². The van der Waals surface area contributed by atoms with Gasteiger partial charge in [0, 0.05) is 18.4 Å². The molecule has 0 aromatic heterocycles. The van der Waals surface area contributed by atoms with Gasteiger partial charge in [0.15, 0.2) is 6.23 Å². The van der Waals surface area contributed by atoms with Crippen molar-refractivity contribution >= 4 is 22.6 Å². The number of fused-ring (bicyclic) bond motifs is 1. The molecular weight excluding hydrogens is 322 g/mol. The standard InChI is InChI=1S/C19H23NO5/c1-25-18(22)10-4-2-3-9-17(21)20(24)19(23)16-12-11-14-7-5-6-8-15(14)13-16/h5-8,11-13,19,23-24H,2-4,9-10H2,1H3. The Hall–Kier alpha value is -2.44. The maximum atomic E-state index is 12.0. The lowest BCUT2D eigenvalue weighted by Gasteiger charge is -2.22. The zero-order chi connectivity index (χ0) is 18.2. The van der Waals surface area contributed by atoms with Gasteiger partial charge in [0.05, 0.1) is 7.11 Å². The number of unbranched alkanes of at least 4 members (excludes halogenated alkanes) is 2. The van der Waals surface area contributed by atoms with Crippen molar-refractivity contribution in [3.63, 3.8) is 0 Å². The van der Waals surface area contributed by atoms with Crippen LogP contribution in [0.5, 0.6) is 0 Å². The number of nitrogens with zero attached hydrogens (tertiary/aromatic N) is 1. The number of carbonyl (C=O) groups excluding carboxylic acids is 2. The summed E-state index contributed by atoms with van der Waals surface area (Å²) < 4.78 is 4.54. The van der Waals surface area contributed by atoms with Crippen LogP contribution in [-0.4, -0.2) is 34.4 Å². The number of hydrogen-bond donors (Lipinski definition) is 2. The second-order valence-corrected chi connectivity index (χ2v) is 5.86. The molecule has 134 valence electrons. The summed E-state index contributed by atoms with van der Waals surface area (Å²) >= 11 is 0. The highest BCUT2D eigenvalue weighted by Crippen LogP contribution is 2.22. The van der Waals surface area contributed by atoms with Crippen LogP contribution in [0.1, 0.15) is 43.9 Å². The first-order valence-corrected chi connectivity index (χ1v) is 8.27. The van der Waals surface area contributed by atoms with Crippen molar-refractivity contribution in [2.45, 2.75) is 38.3 Å². The molecule has 25 heavy (non-hydrogen) atoms. The Morgan fingerprint density at radius 3 is 2.44 bits per heavy atom. The molecule has 1 atom stereocenters. The van der Waals surface area contributed by atoms with Crippen LogP contribution >= 0.6 is 0 Å². The average molecular weight is 345 g/mol. The van der Waals surface area contributed by atoms with Crippen LogP contribution in [0.15, 0.2) is 42.5 Å². The summed E-state index contributed by atoms with van der Waals surface area (Å²) in [5.74, 6) is -0.833. The number of methoxy groups -OCH3 is 1. The molecule has 0 fully saturated rings. The summed E-state index contributed by atoms with van der Waals surface area (Å²) in [7, 11) is 1.34. The van der Waals surface area contributed by atoms with Crippen molar-refractivity contribution in [1.29, 1.82) is 0 Å². The lowest BCUT2D eigenvalue weighted by atomic mass is 10.1. The van der Waals surface area contributed by atoms with E-state index in [9.17, 15) is 19.9 Å². The SMILES string of the molecule is COC(=O)CCCCCC(=O)N(O)C(O)c1ccc2ccccc2c1. The molecule has 1 unspecified atom stereocenters. The van der Waals surface area contributed by atoms with Crippen molar-refractivity contribution in [3.05, 3.63) is 48.0 Å². The summed E-state index contributed by atoms with van der Waals surface area (Å²) in [5.41, 5.74) is 0.445. The van der Waals surface area contributed by atoms with Crippen LogP contribution in [0.2, 0.25) is 0 Å². The lowest BCUT2D eigenvalue weighted by Crippen LogP contribution is -2.31. The Kier molecular flexibility index (Phi) is 6.91. The summed E-state index contributed by atoms with van der Waals surface area (Å²) in [5, 5.41) is 22.5. The molecular formula is C19H23NO5. The molecule has 0 bridgehead atoms. The van der Waals surface area contributed by atoms with Gasteiger partial charge in [-0.3, -0.25) is 14.8 Å². The number of rotatable bonds is 8. The smallest absolute Gasteiger partial charge is 0.305 e. The van der Waals surface area contributed by atoms with E-state index in [0.717, 1.165) is 10.8 Å². The van der Waals surface area contributed by atoms with Crippen molar-refractivity contribution in [3.8, 4) is 0 Å². The van der Waals surface area contributed by atoms with E-state index in [1.807, 2.05) is 30.3 Å². The summed E-state index contributed by atoms with van der Waals surface area (Å²) in [4.78, 5) is 23.0. The predicted molar refractivity (Wildman–Crippen MR) is 92.6 cm³/mol. The first kappa shape index (κ1) is 18.9. The third kappa shape index (κ3) is 5.27. The van der Waals surface area contributed by atoms with Gasteiger partial charge in [0.25, 0.3) is 0 Å². The molecule has 2 aromatic carbocycles. The normalized spacial score (nSPS) is 12.0. The first-order valence-electron chi connectivity index (χ1n) is 8.27. The maximum Gasteiger partial charge on any atom is 0.305 e. The van der Waals surface area contributed by atoms with E-state index >= 15 is 0 Å². The number of hydrogen-bond acceptors (Lipinski definition) is 5. The Morgan fingerprint density at radius 2 is 1.72 bits per heavy atom. The van der Waals surface area contributed by atoms with Gasteiger partial charge in [-0.05, 0) is 29.7 Å². The van der Waals surface area contributed by atoms with Gasteiger partial charge in [-0.15, -0.1) is 0 Å². The second kappa shape index (κ2) is 9.15. The molecule has 2 aromatic rings. The van der Waals surface area contributed by atoms with Gasteiger partial charge in [-0.1, -0.05) is 42.8 Å². The number of hydroxylamine groups is 2. The van der Waals surface area contributed by atoms with Crippen molar-refractivity contribution in [2.75, 3.05) is 7.11 Å². The van der Waals surface area contributed by atoms with Crippen LogP contribution in [-0.2, 0) is 14.3 Å². The van der Waals surface area contributed by atoms with Crippen LogP contribution in [0.25, 0.3) is 10.8 Å². The highest BCUT2D eigenvalue weighted by molar-refractivity contribution is 5.83. The summed E-state index contributed by atoms with van der Waals surface area (Å²) in [6, 6.07) is 12.9. The van der Waals surface area contributed by atoms with Crippen molar-refractivity contribution in [2.24, 2.45) is 0 Å². The zero-order valence-electron chi connectivity index (χ0n) is 14.2. The minimum absolute atomic E-state index is 0.0995. The highest BCUT2D eigenvalue weighted by Gasteiger charge is 2.21. The second-order valence-electron chi connectivity index (χ2n) is 5.86. The Balaban J connectivity index is 1.86. The molecule has 0 aliphatic heterocycles. The van der Waals surface area contributed by atoms with Crippen LogP contribution in [0, 0.1) is 0 Å². The minimum Gasteiger partial charge on any atom is -0.469 e. The van der Waals surface area contributed by atoms with Gasteiger partial charge in [-0.25, -0.2) is 0 Å². The van der Waals surface area contributed by atoms with Crippen LogP contribution < -0.4 is 0 Å². The zero-order valence-corrected chi connectivity index (χ0v) is 14.2. The molecule has 1 amide bonds. The fourth-order valence-electron chi connectivity index (χ4n) is 2.58. The molecule has 0 radical (unpaired) electrons. The van der Waals surface area contributed by atoms with E-state index in [4.69, 9.17) is 0 Å². The van der Waals surface area contributed by atoms with Gasteiger partial charge < -0.3 is 9.84 Å². The first-order chi connectivity index (χ1) is 12.0. The topological polar surface area (TPSA) is 87.1 Å². The number of aliphatic hydroxyl groups excluding tert-OH is 1. The van der Waals surface area contributed by atoms with Crippen molar-refractivity contribution < 1.29 is 24.6 Å². The number of benzene rings is 2. The van der Waals surface area contributed by atoms with E-state index in [-0.39, 0.29) is 12.4 Å². The predicted octanol–water partition coefficient (Wildman–Crippen LogP) is 3.17. The molecule has 6 nitrogen and oxygen atoms in total. The molecule has 0 saturated heterocycles. The summed E-state index contributed by atoms with van der Waals surface area (Å²) in [6.45, 7) is 0. The van der Waals surface area contributed by atoms with Gasteiger partial charge in [-0.2, -0.15) is 5.06 Å². The lowest BCUT2D eigenvalue weighted by molar-refractivity contribution is -0.208. The van der Waals surface area contributed by atoms with E-state index in [1.54, 1.807) is 12.1 Å². The van der Waals surface area contributed by atoms with Gasteiger partial charge in [0.2, 0.25) is 5.91 Å². The monoisotopic (exact) mass is 345 g/mol. The fourth-order valence-corrected chi connectivity index (χ4v) is 2.58. The van der Waals surface area contributed by atoms with Crippen LogP contribution in [0.4, 0.5) is 0 Å². The molecule has 2 rings (SSSR count). The van der Waals surface area contributed by atoms with Gasteiger partial charge >= 0.3 is 5.97 Å². The minimum atomic E-state index is -1.41. The maximum absolute atomic E-state index is 12.0. The van der Waals surface area contributed by atoms with E-state index in [1.165, 1.54) is 7.11 Å². The molecule has 0 saturated carbocycles. The quantitative estimate of drug-likeness (QED) is 0.252. The van der Waals surface area contributed by atoms with E-state index in [2.05, 4.69) is 4.74 Å². The molecule has 0 heterocycles. The molecule has 0 aliphatic carbocycles. The number of ether oxygens (including phenoxy) is 1. The third-order valence-corrected chi connectivity index (χ3v) is 4.06. The molecule has 6 heteroatoms. The number of esters is 1. The average Bonchev–Trinajstić information content (AvgIpc) is 2.65. The Morgan fingerprint density at radius 1 is 1.04 bits per heavy atom. The Bertz CT molecular complexity index is 731. The number of carbonyl (C=O) groups is 2. The Labute approximate surface area is 146 Å². The third-order valence-electron chi connectivity index (χ3n) is 4.06. The molecule has 0 aliphatic rings. The fraction of sp³-hybridized carbons (Fsp3) is 0.368. The number of amides is 1. The molecule has 2 N–H and O–H groups in total. The molecule has 0 spiro atoms.